The second kappa shape index (κ2) is 3.88. The van der Waals surface area contributed by atoms with Crippen LogP contribution in [0.15, 0.2) is 24.5 Å². The van der Waals surface area contributed by atoms with E-state index >= 15 is 0 Å². The molecule has 0 aromatic carbocycles. The van der Waals surface area contributed by atoms with Gasteiger partial charge in [0.2, 0.25) is 0 Å². The molecule has 11 heavy (non-hydrogen) atoms. The number of aromatic nitrogens is 1. The van der Waals surface area contributed by atoms with Crippen LogP contribution in [0.4, 0.5) is 0 Å². The largest absolute Gasteiger partial charge is 0.299 e. The van der Waals surface area contributed by atoms with Gasteiger partial charge >= 0.3 is 0 Å². The number of hydrogen-bond donors (Lipinski definition) is 0. The number of hydrogen-bond acceptors (Lipinski definition) is 2. The lowest BCUT2D eigenvalue weighted by Gasteiger charge is -1.90. The van der Waals surface area contributed by atoms with Crippen LogP contribution in [0, 0.1) is 0 Å². The first-order chi connectivity index (χ1) is 5.33. The van der Waals surface area contributed by atoms with Crippen molar-refractivity contribution in [3.63, 3.8) is 0 Å². The molecule has 3 heteroatoms. The van der Waals surface area contributed by atoms with Crippen LogP contribution in [0.1, 0.15) is 5.56 Å². The predicted molar refractivity (Wildman–Crippen MR) is 44.3 cm³/mol. The number of carbonyl (C=O) groups excluding carboxylic acids is 1. The molecule has 1 aromatic heterocycles. The number of nitrogens with zero attached hydrogens (tertiary/aromatic N) is 1. The zero-order valence-corrected chi connectivity index (χ0v) is 6.45. The minimum Gasteiger partial charge on any atom is -0.299 e. The highest BCUT2D eigenvalue weighted by Crippen LogP contribution is 2.08. The van der Waals surface area contributed by atoms with Gasteiger partial charge in [0.15, 0.2) is 0 Å². The standard InChI is InChI=1S/C8H6ClNO/c9-8-4-7(2-1-3-11)5-10-6-8/h1-6H/b2-1+. The number of halogens is 1. The molecule has 0 aliphatic rings. The van der Waals surface area contributed by atoms with Crippen LogP contribution >= 0.6 is 11.6 Å². The molecular formula is C8H6ClNO. The number of pyridine rings is 1. The molecule has 1 aromatic rings. The van der Waals surface area contributed by atoms with Gasteiger partial charge < -0.3 is 0 Å². The van der Waals surface area contributed by atoms with Crippen LogP contribution in [-0.2, 0) is 4.79 Å². The summed E-state index contributed by atoms with van der Waals surface area (Å²) >= 11 is 5.64. The summed E-state index contributed by atoms with van der Waals surface area (Å²) in [6.45, 7) is 0. The van der Waals surface area contributed by atoms with Crippen molar-refractivity contribution in [1.29, 1.82) is 0 Å². The molecule has 0 aliphatic carbocycles. The van der Waals surface area contributed by atoms with Crippen molar-refractivity contribution in [2.75, 3.05) is 0 Å². The molecule has 2 nitrogen and oxygen atoms in total. The van der Waals surface area contributed by atoms with Gasteiger partial charge in [0.1, 0.15) is 6.29 Å². The third kappa shape index (κ3) is 2.51. The quantitative estimate of drug-likeness (QED) is 0.498. The predicted octanol–water partition coefficient (Wildman–Crippen LogP) is 1.95. The molecule has 0 fully saturated rings. The maximum Gasteiger partial charge on any atom is 0.142 e. The minimum atomic E-state index is 0.568. The molecule has 0 radical (unpaired) electrons. The molecule has 56 valence electrons. The van der Waals surface area contributed by atoms with Gasteiger partial charge in [-0.05, 0) is 17.7 Å². The number of rotatable bonds is 2. The van der Waals surface area contributed by atoms with E-state index in [1.54, 1.807) is 24.5 Å². The number of allylic oxidation sites excluding steroid dienone is 1. The van der Waals surface area contributed by atoms with Crippen LogP contribution in [-0.4, -0.2) is 11.3 Å². The summed E-state index contributed by atoms with van der Waals surface area (Å²) in [6, 6.07) is 1.73. The SMILES string of the molecule is O=C/C=C/c1cncc(Cl)c1. The Hall–Kier alpha value is -1.15. The molecule has 0 bridgehead atoms. The third-order valence-electron chi connectivity index (χ3n) is 1.09. The molecule has 0 atom stereocenters. The fraction of sp³-hybridized carbons (Fsp3) is 0. The van der Waals surface area contributed by atoms with Crippen molar-refractivity contribution in [2.45, 2.75) is 0 Å². The molecule has 0 saturated carbocycles. The molecular weight excluding hydrogens is 162 g/mol. The Bertz CT molecular complexity index is 283. The lowest BCUT2D eigenvalue weighted by atomic mass is 10.3. The first-order valence-corrected chi connectivity index (χ1v) is 3.43. The van der Waals surface area contributed by atoms with E-state index in [2.05, 4.69) is 4.98 Å². The molecule has 0 aliphatic heterocycles. The molecule has 0 spiro atoms. The fourth-order valence-corrected chi connectivity index (χ4v) is 0.852. The summed E-state index contributed by atoms with van der Waals surface area (Å²) in [5.41, 5.74) is 0.824. The second-order valence-corrected chi connectivity index (χ2v) is 2.37. The fourth-order valence-electron chi connectivity index (χ4n) is 0.670. The summed E-state index contributed by atoms with van der Waals surface area (Å²) < 4.78 is 0. The van der Waals surface area contributed by atoms with Crippen molar-refractivity contribution >= 4 is 24.0 Å². The first kappa shape index (κ1) is 7.95. The van der Waals surface area contributed by atoms with Crippen molar-refractivity contribution in [3.05, 3.63) is 35.1 Å². The average Bonchev–Trinajstić information content (AvgIpc) is 2.01. The smallest absolute Gasteiger partial charge is 0.142 e. The van der Waals surface area contributed by atoms with E-state index in [9.17, 15) is 4.79 Å². The number of aldehydes is 1. The topological polar surface area (TPSA) is 30.0 Å². The highest BCUT2D eigenvalue weighted by atomic mass is 35.5. The Kier molecular flexibility index (Phi) is 2.81. The lowest BCUT2D eigenvalue weighted by Crippen LogP contribution is -1.75. The second-order valence-electron chi connectivity index (χ2n) is 1.93. The highest BCUT2D eigenvalue weighted by Gasteiger charge is 1.88. The van der Waals surface area contributed by atoms with Gasteiger partial charge in [-0.1, -0.05) is 17.7 Å². The van der Waals surface area contributed by atoms with Gasteiger partial charge in [-0.25, -0.2) is 0 Å². The highest BCUT2D eigenvalue weighted by molar-refractivity contribution is 6.30. The molecule has 0 unspecified atom stereocenters. The Labute approximate surface area is 69.5 Å². The van der Waals surface area contributed by atoms with Crippen LogP contribution < -0.4 is 0 Å². The monoisotopic (exact) mass is 167 g/mol. The summed E-state index contributed by atoms with van der Waals surface area (Å²) in [4.78, 5) is 13.8. The maximum absolute atomic E-state index is 9.92. The Morgan fingerprint density at radius 2 is 2.27 bits per heavy atom. The van der Waals surface area contributed by atoms with Crippen LogP contribution in [0.2, 0.25) is 5.02 Å². The van der Waals surface area contributed by atoms with Gasteiger partial charge in [0.25, 0.3) is 0 Å². The van der Waals surface area contributed by atoms with E-state index in [0.717, 1.165) is 5.56 Å². The molecule has 1 heterocycles. The molecule has 1 rings (SSSR count). The van der Waals surface area contributed by atoms with E-state index in [4.69, 9.17) is 11.6 Å². The van der Waals surface area contributed by atoms with E-state index in [1.165, 1.54) is 6.08 Å². The molecule has 0 N–H and O–H groups in total. The van der Waals surface area contributed by atoms with Gasteiger partial charge in [-0.15, -0.1) is 0 Å². The summed E-state index contributed by atoms with van der Waals surface area (Å²) in [5.74, 6) is 0. The zero-order chi connectivity index (χ0) is 8.10. The summed E-state index contributed by atoms with van der Waals surface area (Å²) in [6.07, 6.45) is 6.92. The van der Waals surface area contributed by atoms with Crippen molar-refractivity contribution in [3.8, 4) is 0 Å². The Morgan fingerprint density at radius 1 is 1.45 bits per heavy atom. The number of carbonyl (C=O) groups is 1. The summed E-state index contributed by atoms with van der Waals surface area (Å²) in [5, 5.41) is 0.568. The van der Waals surface area contributed by atoms with Gasteiger partial charge in [0, 0.05) is 12.4 Å². The van der Waals surface area contributed by atoms with Crippen LogP contribution in [0.3, 0.4) is 0 Å². The van der Waals surface area contributed by atoms with E-state index in [0.29, 0.717) is 11.3 Å². The normalized spacial score (nSPS) is 10.3. The van der Waals surface area contributed by atoms with Crippen molar-refractivity contribution < 1.29 is 4.79 Å². The summed E-state index contributed by atoms with van der Waals surface area (Å²) in [7, 11) is 0. The zero-order valence-electron chi connectivity index (χ0n) is 5.70. The first-order valence-electron chi connectivity index (χ1n) is 3.05. The lowest BCUT2D eigenvalue weighted by molar-refractivity contribution is -0.104. The van der Waals surface area contributed by atoms with Crippen LogP contribution in [0.5, 0.6) is 0 Å². The molecule has 0 amide bonds. The van der Waals surface area contributed by atoms with Crippen LogP contribution in [0.25, 0.3) is 6.08 Å². The van der Waals surface area contributed by atoms with Gasteiger partial charge in [0.05, 0.1) is 5.02 Å². The average molecular weight is 168 g/mol. The molecule has 0 saturated heterocycles. The Balaban J connectivity index is 2.87. The van der Waals surface area contributed by atoms with Gasteiger partial charge in [-0.2, -0.15) is 0 Å². The maximum atomic E-state index is 9.92. The van der Waals surface area contributed by atoms with Crippen molar-refractivity contribution in [2.24, 2.45) is 0 Å². The third-order valence-corrected chi connectivity index (χ3v) is 1.30. The Morgan fingerprint density at radius 3 is 2.91 bits per heavy atom. The van der Waals surface area contributed by atoms with E-state index in [-0.39, 0.29) is 0 Å². The van der Waals surface area contributed by atoms with Gasteiger partial charge in [-0.3, -0.25) is 9.78 Å². The van der Waals surface area contributed by atoms with E-state index < -0.39 is 0 Å². The van der Waals surface area contributed by atoms with Crippen molar-refractivity contribution in [1.82, 2.24) is 4.98 Å². The minimum absolute atomic E-state index is 0.568. The van der Waals surface area contributed by atoms with E-state index in [1.807, 2.05) is 0 Å².